The van der Waals surface area contributed by atoms with Crippen molar-refractivity contribution < 1.29 is 5.21 Å². The molecule has 1 rings (SSSR count). The van der Waals surface area contributed by atoms with E-state index < -0.39 is 0 Å². The molecular weight excluding hydrogens is 214 g/mol. The molecule has 4 nitrogen and oxygen atoms in total. The summed E-state index contributed by atoms with van der Waals surface area (Å²) in [5, 5.41) is 15.1. The molecule has 17 heavy (non-hydrogen) atoms. The number of hydrogen-bond acceptors (Lipinski definition) is 3. The minimum Gasteiger partial charge on any atom is -0.409 e. The molecule has 4 heteroatoms. The van der Waals surface area contributed by atoms with Crippen LogP contribution in [-0.2, 0) is 0 Å². The number of nitrogens with two attached hydrogens (primary N) is 1. The fraction of sp³-hybridized carbons (Fsp3) is 0.923. The van der Waals surface area contributed by atoms with Crippen LogP contribution in [0.5, 0.6) is 0 Å². The maximum Gasteiger partial charge on any atom is 0.139 e. The Morgan fingerprint density at radius 3 is 2.76 bits per heavy atom. The van der Waals surface area contributed by atoms with Crippen LogP contribution in [0.3, 0.4) is 0 Å². The summed E-state index contributed by atoms with van der Waals surface area (Å²) in [6, 6.07) is 0.663. The molecule has 1 fully saturated rings. The van der Waals surface area contributed by atoms with E-state index in [0.29, 0.717) is 18.3 Å². The van der Waals surface area contributed by atoms with Gasteiger partial charge in [-0.15, -0.1) is 0 Å². The predicted molar refractivity (Wildman–Crippen MR) is 71.2 cm³/mol. The number of nitrogens with zero attached hydrogens (tertiary/aromatic N) is 1. The molecule has 0 heterocycles. The first-order chi connectivity index (χ1) is 8.15. The Morgan fingerprint density at radius 1 is 1.41 bits per heavy atom. The Balaban J connectivity index is 2.24. The van der Waals surface area contributed by atoms with Crippen LogP contribution in [0, 0.1) is 11.8 Å². The van der Waals surface area contributed by atoms with Crippen LogP contribution in [-0.4, -0.2) is 23.6 Å². The second kappa shape index (κ2) is 7.54. The summed E-state index contributed by atoms with van der Waals surface area (Å²) in [6.07, 6.45) is 6.99. The van der Waals surface area contributed by atoms with Crippen molar-refractivity contribution in [3.05, 3.63) is 0 Å². The first-order valence-electron chi connectivity index (χ1n) is 6.85. The van der Waals surface area contributed by atoms with Gasteiger partial charge in [-0.3, -0.25) is 0 Å². The molecule has 1 saturated carbocycles. The summed E-state index contributed by atoms with van der Waals surface area (Å²) in [5.41, 5.74) is 5.44. The summed E-state index contributed by atoms with van der Waals surface area (Å²) < 4.78 is 0. The normalized spacial score (nSPS) is 26.4. The highest BCUT2D eigenvalue weighted by molar-refractivity contribution is 5.79. The maximum atomic E-state index is 8.44. The SMILES string of the molecule is CC(C)C1CCCCC1NCCCC(N)=NO. The summed E-state index contributed by atoms with van der Waals surface area (Å²) >= 11 is 0. The largest absolute Gasteiger partial charge is 0.409 e. The molecule has 0 saturated heterocycles. The molecule has 1 aliphatic rings. The Kier molecular flexibility index (Phi) is 6.34. The van der Waals surface area contributed by atoms with Gasteiger partial charge >= 0.3 is 0 Å². The van der Waals surface area contributed by atoms with E-state index in [0.717, 1.165) is 24.8 Å². The Labute approximate surface area is 105 Å². The minimum atomic E-state index is 0.329. The van der Waals surface area contributed by atoms with Gasteiger partial charge in [0.2, 0.25) is 0 Å². The van der Waals surface area contributed by atoms with E-state index in [1.54, 1.807) is 0 Å². The molecule has 0 aliphatic heterocycles. The molecule has 2 unspecified atom stereocenters. The lowest BCUT2D eigenvalue weighted by Crippen LogP contribution is -2.41. The maximum absolute atomic E-state index is 8.44. The van der Waals surface area contributed by atoms with Gasteiger partial charge in [0.1, 0.15) is 5.84 Å². The number of nitrogens with one attached hydrogen (secondary N) is 1. The van der Waals surface area contributed by atoms with Crippen molar-refractivity contribution in [1.29, 1.82) is 0 Å². The zero-order valence-corrected chi connectivity index (χ0v) is 11.2. The highest BCUT2D eigenvalue weighted by Crippen LogP contribution is 2.30. The van der Waals surface area contributed by atoms with Gasteiger partial charge in [0.05, 0.1) is 0 Å². The third-order valence-corrected chi connectivity index (χ3v) is 3.82. The van der Waals surface area contributed by atoms with Gasteiger partial charge in [0.25, 0.3) is 0 Å². The highest BCUT2D eigenvalue weighted by Gasteiger charge is 2.26. The van der Waals surface area contributed by atoms with Gasteiger partial charge in [-0.25, -0.2) is 0 Å². The Hall–Kier alpha value is -0.770. The summed E-state index contributed by atoms with van der Waals surface area (Å²) in [4.78, 5) is 0. The van der Waals surface area contributed by atoms with Crippen LogP contribution in [0.2, 0.25) is 0 Å². The zero-order chi connectivity index (χ0) is 12.7. The van der Waals surface area contributed by atoms with Crippen molar-refractivity contribution in [2.75, 3.05) is 6.54 Å². The van der Waals surface area contributed by atoms with Crippen molar-refractivity contribution in [3.63, 3.8) is 0 Å². The number of rotatable bonds is 6. The lowest BCUT2D eigenvalue weighted by molar-refractivity contribution is 0.206. The fourth-order valence-corrected chi connectivity index (χ4v) is 2.82. The van der Waals surface area contributed by atoms with Gasteiger partial charge in [-0.2, -0.15) is 0 Å². The lowest BCUT2D eigenvalue weighted by atomic mass is 9.78. The van der Waals surface area contributed by atoms with Crippen molar-refractivity contribution in [1.82, 2.24) is 5.32 Å². The highest BCUT2D eigenvalue weighted by atomic mass is 16.4. The predicted octanol–water partition coefficient (Wildman–Crippen LogP) is 2.32. The molecule has 0 bridgehead atoms. The third-order valence-electron chi connectivity index (χ3n) is 3.82. The number of amidine groups is 1. The van der Waals surface area contributed by atoms with Gasteiger partial charge < -0.3 is 16.3 Å². The van der Waals surface area contributed by atoms with Gasteiger partial charge in [-0.1, -0.05) is 31.8 Å². The minimum absolute atomic E-state index is 0.329. The third kappa shape index (κ3) is 4.94. The van der Waals surface area contributed by atoms with E-state index in [2.05, 4.69) is 24.3 Å². The van der Waals surface area contributed by atoms with Gasteiger partial charge in [0, 0.05) is 12.5 Å². The second-order valence-electron chi connectivity index (χ2n) is 5.45. The average Bonchev–Trinajstić information content (AvgIpc) is 2.34. The van der Waals surface area contributed by atoms with E-state index in [4.69, 9.17) is 10.9 Å². The first kappa shape index (κ1) is 14.3. The van der Waals surface area contributed by atoms with Crippen molar-refractivity contribution in [2.24, 2.45) is 22.7 Å². The molecule has 100 valence electrons. The standard InChI is InChI=1S/C13H27N3O/c1-10(2)11-6-3-4-7-12(11)15-9-5-8-13(14)16-17/h10-12,15,17H,3-9H2,1-2H3,(H2,14,16). The van der Waals surface area contributed by atoms with E-state index in [-0.39, 0.29) is 0 Å². The van der Waals surface area contributed by atoms with Crippen molar-refractivity contribution in [2.45, 2.75) is 58.4 Å². The van der Waals surface area contributed by atoms with Crippen LogP contribution in [0.15, 0.2) is 5.16 Å². The first-order valence-corrected chi connectivity index (χ1v) is 6.85. The Bertz CT molecular complexity index is 241. The second-order valence-corrected chi connectivity index (χ2v) is 5.45. The zero-order valence-electron chi connectivity index (χ0n) is 11.2. The fourth-order valence-electron chi connectivity index (χ4n) is 2.82. The Morgan fingerprint density at radius 2 is 2.12 bits per heavy atom. The van der Waals surface area contributed by atoms with Crippen LogP contribution in [0.25, 0.3) is 0 Å². The summed E-state index contributed by atoms with van der Waals surface area (Å²) in [6.45, 7) is 5.60. The smallest absolute Gasteiger partial charge is 0.139 e. The molecular formula is C13H27N3O. The van der Waals surface area contributed by atoms with Crippen molar-refractivity contribution in [3.8, 4) is 0 Å². The lowest BCUT2D eigenvalue weighted by Gasteiger charge is -2.35. The monoisotopic (exact) mass is 241 g/mol. The van der Waals surface area contributed by atoms with Crippen LogP contribution >= 0.6 is 0 Å². The van der Waals surface area contributed by atoms with Crippen molar-refractivity contribution >= 4 is 5.84 Å². The molecule has 4 N–H and O–H groups in total. The van der Waals surface area contributed by atoms with E-state index >= 15 is 0 Å². The molecule has 0 amide bonds. The number of hydrogen-bond donors (Lipinski definition) is 3. The molecule has 0 aromatic heterocycles. The molecule has 0 aromatic rings. The average molecular weight is 241 g/mol. The van der Waals surface area contributed by atoms with E-state index in [1.165, 1.54) is 25.7 Å². The molecule has 0 spiro atoms. The summed E-state index contributed by atoms with van der Waals surface area (Å²) in [7, 11) is 0. The molecule has 1 aliphatic carbocycles. The quantitative estimate of drug-likeness (QED) is 0.220. The van der Waals surface area contributed by atoms with Crippen LogP contribution < -0.4 is 11.1 Å². The molecule has 0 radical (unpaired) electrons. The van der Waals surface area contributed by atoms with Crippen LogP contribution in [0.1, 0.15) is 52.4 Å². The van der Waals surface area contributed by atoms with Gasteiger partial charge in [-0.05, 0) is 37.6 Å². The number of oxime groups is 1. The van der Waals surface area contributed by atoms with Gasteiger partial charge in [0.15, 0.2) is 0 Å². The summed E-state index contributed by atoms with van der Waals surface area (Å²) in [5.74, 6) is 1.90. The molecule has 2 atom stereocenters. The van der Waals surface area contributed by atoms with Crippen LogP contribution in [0.4, 0.5) is 0 Å². The molecule has 0 aromatic carbocycles. The topological polar surface area (TPSA) is 70.6 Å². The van der Waals surface area contributed by atoms with E-state index in [1.807, 2.05) is 0 Å². The van der Waals surface area contributed by atoms with E-state index in [9.17, 15) is 0 Å².